The van der Waals surface area contributed by atoms with Gasteiger partial charge in [0.15, 0.2) is 5.82 Å². The fourth-order valence-electron chi connectivity index (χ4n) is 5.13. The molecule has 5 rings (SSSR count). The Morgan fingerprint density at radius 1 is 1.14 bits per heavy atom. The zero-order valence-corrected chi connectivity index (χ0v) is 21.1. The lowest BCUT2D eigenvalue weighted by atomic mass is 10.1. The molecule has 8 heteroatoms. The summed E-state index contributed by atoms with van der Waals surface area (Å²) in [6.07, 6.45) is 4.00. The number of fused-ring (bicyclic) bond motifs is 1. The Kier molecular flexibility index (Phi) is 7.53. The molecule has 1 N–H and O–H groups in total. The highest BCUT2D eigenvalue weighted by Crippen LogP contribution is 2.27. The van der Waals surface area contributed by atoms with Gasteiger partial charge in [-0.15, -0.1) is 5.10 Å². The van der Waals surface area contributed by atoms with E-state index in [2.05, 4.69) is 63.5 Å². The van der Waals surface area contributed by atoms with Crippen LogP contribution in [-0.2, 0) is 24.2 Å². The van der Waals surface area contributed by atoms with Gasteiger partial charge in [0.05, 0.1) is 18.7 Å². The summed E-state index contributed by atoms with van der Waals surface area (Å²) in [6, 6.07) is 18.4. The van der Waals surface area contributed by atoms with Crippen LogP contribution in [0.15, 0.2) is 59.4 Å². The van der Waals surface area contributed by atoms with Crippen molar-refractivity contribution in [3.63, 3.8) is 0 Å². The van der Waals surface area contributed by atoms with Crippen LogP contribution < -0.4 is 5.56 Å². The van der Waals surface area contributed by atoms with Crippen molar-refractivity contribution >= 4 is 10.9 Å². The molecule has 4 aromatic rings. The Labute approximate surface area is 211 Å². The molecule has 0 saturated carbocycles. The monoisotopic (exact) mass is 486 g/mol. The number of pyridine rings is 1. The van der Waals surface area contributed by atoms with Gasteiger partial charge in [-0.1, -0.05) is 50.2 Å². The molecule has 1 fully saturated rings. The molecule has 36 heavy (non-hydrogen) atoms. The average molecular weight is 487 g/mol. The molecule has 0 unspecified atom stereocenters. The lowest BCUT2D eigenvalue weighted by molar-refractivity contribution is 0.0489. The van der Waals surface area contributed by atoms with E-state index in [4.69, 9.17) is 4.74 Å². The Morgan fingerprint density at radius 2 is 2.00 bits per heavy atom. The van der Waals surface area contributed by atoms with Gasteiger partial charge in [-0.25, -0.2) is 4.68 Å². The summed E-state index contributed by atoms with van der Waals surface area (Å²) in [4.78, 5) is 18.5. The van der Waals surface area contributed by atoms with E-state index in [0.717, 1.165) is 66.7 Å². The maximum atomic E-state index is 13.1. The predicted molar refractivity (Wildman–Crippen MR) is 140 cm³/mol. The summed E-state index contributed by atoms with van der Waals surface area (Å²) in [5.41, 5.74) is 3.95. The van der Waals surface area contributed by atoms with Crippen LogP contribution in [0.4, 0.5) is 0 Å². The molecule has 3 heterocycles. The van der Waals surface area contributed by atoms with Gasteiger partial charge >= 0.3 is 0 Å². The van der Waals surface area contributed by atoms with E-state index < -0.39 is 0 Å². The van der Waals surface area contributed by atoms with Crippen molar-refractivity contribution in [1.29, 1.82) is 0 Å². The maximum absolute atomic E-state index is 13.1. The summed E-state index contributed by atoms with van der Waals surface area (Å²) in [5.74, 6) is 0.810. The van der Waals surface area contributed by atoms with Crippen molar-refractivity contribution in [2.75, 3.05) is 13.2 Å². The second-order valence-corrected chi connectivity index (χ2v) is 9.57. The van der Waals surface area contributed by atoms with E-state index in [0.29, 0.717) is 13.1 Å². The van der Waals surface area contributed by atoms with Crippen molar-refractivity contribution in [1.82, 2.24) is 30.1 Å². The third-order valence-corrected chi connectivity index (χ3v) is 7.09. The fourth-order valence-corrected chi connectivity index (χ4v) is 5.13. The topological polar surface area (TPSA) is 88.9 Å². The van der Waals surface area contributed by atoms with E-state index in [9.17, 15) is 4.79 Å². The van der Waals surface area contributed by atoms with Gasteiger partial charge in [0, 0.05) is 30.8 Å². The third kappa shape index (κ3) is 5.39. The number of aryl methyl sites for hydroxylation is 1. The molecule has 0 bridgehead atoms. The minimum Gasteiger partial charge on any atom is -0.377 e. The van der Waals surface area contributed by atoms with Gasteiger partial charge in [0.2, 0.25) is 0 Å². The van der Waals surface area contributed by atoms with Crippen molar-refractivity contribution in [3.05, 3.63) is 87.5 Å². The number of tetrazole rings is 1. The van der Waals surface area contributed by atoms with Crippen molar-refractivity contribution in [2.45, 2.75) is 64.8 Å². The highest BCUT2D eigenvalue weighted by Gasteiger charge is 2.29. The van der Waals surface area contributed by atoms with Crippen LogP contribution in [0.25, 0.3) is 10.9 Å². The predicted octanol–water partition coefficient (Wildman–Crippen LogP) is 4.26. The molecule has 0 aliphatic carbocycles. The van der Waals surface area contributed by atoms with Crippen molar-refractivity contribution < 1.29 is 4.74 Å². The first kappa shape index (κ1) is 24.3. The number of aromatic nitrogens is 5. The summed E-state index contributed by atoms with van der Waals surface area (Å²) in [6.45, 7) is 6.90. The molecule has 1 aliphatic rings. The summed E-state index contributed by atoms with van der Waals surface area (Å²) in [5, 5.41) is 13.8. The van der Waals surface area contributed by atoms with Gasteiger partial charge in [-0.05, 0) is 70.8 Å². The first-order valence-corrected chi connectivity index (χ1v) is 12.9. The van der Waals surface area contributed by atoms with Crippen LogP contribution in [0, 0.1) is 0 Å². The van der Waals surface area contributed by atoms with Gasteiger partial charge in [0.25, 0.3) is 5.56 Å². The van der Waals surface area contributed by atoms with Crippen LogP contribution in [-0.4, -0.2) is 49.3 Å². The molecule has 0 spiro atoms. The maximum Gasteiger partial charge on any atom is 0.252 e. The second kappa shape index (κ2) is 11.1. The molecule has 2 atom stereocenters. The highest BCUT2D eigenvalue weighted by atomic mass is 16.5. The first-order chi connectivity index (χ1) is 17.6. The van der Waals surface area contributed by atoms with E-state index in [-0.39, 0.29) is 17.7 Å². The lowest BCUT2D eigenvalue weighted by Gasteiger charge is -2.32. The third-order valence-electron chi connectivity index (χ3n) is 7.09. The molecular formula is C28H34N6O2. The molecule has 0 radical (unpaired) electrons. The summed E-state index contributed by atoms with van der Waals surface area (Å²) in [7, 11) is 0. The van der Waals surface area contributed by atoms with Gasteiger partial charge in [-0.2, -0.15) is 0 Å². The summed E-state index contributed by atoms with van der Waals surface area (Å²) < 4.78 is 7.88. The van der Waals surface area contributed by atoms with E-state index in [1.807, 2.05) is 35.0 Å². The Bertz CT molecular complexity index is 1340. The molecule has 8 nitrogen and oxygen atoms in total. The van der Waals surface area contributed by atoms with E-state index in [1.165, 1.54) is 5.56 Å². The lowest BCUT2D eigenvalue weighted by Crippen LogP contribution is -2.37. The van der Waals surface area contributed by atoms with Crippen LogP contribution in [0.3, 0.4) is 0 Å². The molecular weight excluding hydrogens is 452 g/mol. The van der Waals surface area contributed by atoms with Crippen LogP contribution >= 0.6 is 0 Å². The van der Waals surface area contributed by atoms with Gasteiger partial charge in [0.1, 0.15) is 0 Å². The molecule has 2 aromatic heterocycles. The highest BCUT2D eigenvalue weighted by molar-refractivity contribution is 5.79. The number of nitrogens with zero attached hydrogens (tertiary/aromatic N) is 5. The minimum atomic E-state index is -0.0529. The average Bonchev–Trinajstić information content (AvgIpc) is 3.58. The van der Waals surface area contributed by atoms with E-state index >= 15 is 0 Å². The van der Waals surface area contributed by atoms with E-state index in [1.54, 1.807) is 0 Å². The first-order valence-electron chi connectivity index (χ1n) is 12.9. The minimum absolute atomic E-state index is 0.0509. The van der Waals surface area contributed by atoms with Crippen molar-refractivity contribution in [2.24, 2.45) is 0 Å². The molecule has 2 aromatic carbocycles. The SMILES string of the molecule is CCc1ccc2[nH]c(=O)c(CN(C[C@H]3CCCO3)[C@@H](CC)c3nnnn3Cc3ccccc3)cc2c1. The zero-order valence-electron chi connectivity index (χ0n) is 21.1. The number of benzene rings is 2. The van der Waals surface area contributed by atoms with Gasteiger partial charge in [-0.3, -0.25) is 9.69 Å². The Morgan fingerprint density at radius 3 is 2.75 bits per heavy atom. The smallest absolute Gasteiger partial charge is 0.252 e. The number of hydrogen-bond donors (Lipinski definition) is 1. The van der Waals surface area contributed by atoms with Crippen molar-refractivity contribution in [3.8, 4) is 0 Å². The van der Waals surface area contributed by atoms with Gasteiger partial charge < -0.3 is 9.72 Å². The quantitative estimate of drug-likeness (QED) is 0.360. The fraction of sp³-hybridized carbons (Fsp3) is 0.429. The normalized spacial score (nSPS) is 16.7. The van der Waals surface area contributed by atoms with Crippen LogP contribution in [0.1, 0.15) is 61.7 Å². The number of rotatable bonds is 10. The molecule has 188 valence electrons. The number of nitrogens with one attached hydrogen (secondary N) is 1. The standard InChI is InChI=1S/C28H34N6O2/c1-3-20-12-13-25-22(15-20)16-23(28(35)29-25)18-33(19-24-11-8-14-36-24)26(4-2)27-30-31-32-34(27)17-21-9-6-5-7-10-21/h5-7,9-10,12-13,15-16,24,26H,3-4,8,11,14,17-19H2,1-2H3,(H,29,35)/t24-,26+/m1/s1. The molecule has 1 saturated heterocycles. The molecule has 1 aliphatic heterocycles. The number of H-pyrrole nitrogens is 1. The summed E-state index contributed by atoms with van der Waals surface area (Å²) >= 11 is 0. The van der Waals surface area contributed by atoms with Crippen LogP contribution in [0.2, 0.25) is 0 Å². The second-order valence-electron chi connectivity index (χ2n) is 9.57. The largest absolute Gasteiger partial charge is 0.377 e. The Balaban J connectivity index is 1.48. The number of ether oxygens (including phenoxy) is 1. The Hall–Kier alpha value is -3.36. The molecule has 0 amide bonds. The number of hydrogen-bond acceptors (Lipinski definition) is 6. The number of aromatic amines is 1. The zero-order chi connectivity index (χ0) is 24.9. The van der Waals surface area contributed by atoms with Crippen LogP contribution in [0.5, 0.6) is 0 Å².